The molecule has 2 aliphatic heterocycles. The lowest BCUT2D eigenvalue weighted by atomic mass is 9.77. The molecule has 0 amide bonds. The van der Waals surface area contributed by atoms with Crippen LogP contribution in [0.4, 0.5) is 0 Å². The summed E-state index contributed by atoms with van der Waals surface area (Å²) in [5.41, 5.74) is 0.385. The molecular weight excluding hydrogens is 190 g/mol. The van der Waals surface area contributed by atoms with E-state index in [0.29, 0.717) is 5.92 Å². The number of nitrogens with one attached hydrogen (secondary N) is 1. The van der Waals surface area contributed by atoms with E-state index in [1.807, 2.05) is 6.92 Å². The molecule has 15 heavy (non-hydrogen) atoms. The zero-order valence-corrected chi connectivity index (χ0v) is 9.46. The number of hydrogen-bond acceptors (Lipinski definition) is 3. The maximum atomic E-state index is 10.6. The van der Waals surface area contributed by atoms with Crippen LogP contribution in [0, 0.1) is 5.92 Å². The molecule has 0 bridgehead atoms. The number of aliphatic hydroxyl groups is 1. The van der Waals surface area contributed by atoms with Crippen molar-refractivity contribution < 1.29 is 9.84 Å². The lowest BCUT2D eigenvalue weighted by molar-refractivity contribution is 0.0124. The third-order valence-electron chi connectivity index (χ3n) is 3.68. The summed E-state index contributed by atoms with van der Waals surface area (Å²) in [7, 11) is 0. The predicted octanol–water partition coefficient (Wildman–Crippen LogP) is 1.43. The quantitative estimate of drug-likeness (QED) is 0.726. The molecule has 3 heteroatoms. The van der Waals surface area contributed by atoms with Crippen LogP contribution in [0.3, 0.4) is 0 Å². The van der Waals surface area contributed by atoms with Crippen molar-refractivity contribution in [3.63, 3.8) is 0 Å². The number of ether oxygens (including phenoxy) is 1. The van der Waals surface area contributed by atoms with Crippen LogP contribution in [0.2, 0.25) is 0 Å². The highest BCUT2D eigenvalue weighted by Crippen LogP contribution is 2.34. The Hall–Kier alpha value is -0.540. The molecule has 2 atom stereocenters. The molecule has 2 N–H and O–H groups in total. The molecule has 1 fully saturated rings. The number of piperidine rings is 1. The maximum Gasteiger partial charge on any atom is 0.0901 e. The van der Waals surface area contributed by atoms with Gasteiger partial charge in [-0.2, -0.15) is 0 Å². The van der Waals surface area contributed by atoms with Crippen LogP contribution in [0.15, 0.2) is 11.8 Å². The van der Waals surface area contributed by atoms with Crippen LogP contribution < -0.4 is 5.32 Å². The zero-order valence-electron chi connectivity index (χ0n) is 9.46. The average molecular weight is 211 g/mol. The van der Waals surface area contributed by atoms with E-state index in [0.717, 1.165) is 51.0 Å². The van der Waals surface area contributed by atoms with Crippen molar-refractivity contribution in [2.75, 3.05) is 19.7 Å². The van der Waals surface area contributed by atoms with Crippen molar-refractivity contribution in [3.05, 3.63) is 11.8 Å². The highest BCUT2D eigenvalue weighted by molar-refractivity contribution is 5.17. The highest BCUT2D eigenvalue weighted by Gasteiger charge is 2.36. The first-order valence-corrected chi connectivity index (χ1v) is 5.95. The van der Waals surface area contributed by atoms with E-state index < -0.39 is 5.60 Å². The summed E-state index contributed by atoms with van der Waals surface area (Å²) in [6, 6.07) is 0. The van der Waals surface area contributed by atoms with Gasteiger partial charge in [0.1, 0.15) is 0 Å². The first kappa shape index (κ1) is 11.0. The fraction of sp³-hybridized carbons (Fsp3) is 0.833. The van der Waals surface area contributed by atoms with E-state index in [2.05, 4.69) is 5.32 Å². The molecular formula is C12H21NO2. The molecule has 0 aromatic rings. The Balaban J connectivity index is 2.06. The van der Waals surface area contributed by atoms with E-state index in [1.54, 1.807) is 6.26 Å². The maximum absolute atomic E-state index is 10.6. The Labute approximate surface area is 91.5 Å². The van der Waals surface area contributed by atoms with Gasteiger partial charge in [-0.25, -0.2) is 0 Å². The van der Waals surface area contributed by atoms with Gasteiger partial charge in [0.25, 0.3) is 0 Å². The van der Waals surface area contributed by atoms with Gasteiger partial charge in [0, 0.05) is 12.5 Å². The first-order valence-electron chi connectivity index (χ1n) is 5.95. The third kappa shape index (κ3) is 2.34. The summed E-state index contributed by atoms with van der Waals surface area (Å²) in [5.74, 6) is 0.333. The summed E-state index contributed by atoms with van der Waals surface area (Å²) >= 11 is 0. The van der Waals surface area contributed by atoms with E-state index in [-0.39, 0.29) is 0 Å². The largest absolute Gasteiger partial charge is 0.501 e. The molecule has 86 valence electrons. The molecule has 2 unspecified atom stereocenters. The minimum atomic E-state index is -0.687. The Morgan fingerprint density at radius 1 is 1.53 bits per heavy atom. The lowest BCUT2D eigenvalue weighted by Gasteiger charge is -2.38. The molecule has 1 saturated heterocycles. The fourth-order valence-corrected chi connectivity index (χ4v) is 2.53. The van der Waals surface area contributed by atoms with Crippen LogP contribution in [0.5, 0.6) is 0 Å². The van der Waals surface area contributed by atoms with Crippen molar-refractivity contribution in [2.24, 2.45) is 5.92 Å². The van der Waals surface area contributed by atoms with Crippen molar-refractivity contribution in [2.45, 2.75) is 38.2 Å². The second-order valence-corrected chi connectivity index (χ2v) is 4.81. The smallest absolute Gasteiger partial charge is 0.0901 e. The van der Waals surface area contributed by atoms with Gasteiger partial charge in [0.05, 0.1) is 18.5 Å². The van der Waals surface area contributed by atoms with Crippen molar-refractivity contribution >= 4 is 0 Å². The number of hydrogen-bond donors (Lipinski definition) is 2. The van der Waals surface area contributed by atoms with Crippen LogP contribution in [0.25, 0.3) is 0 Å². The molecule has 0 aliphatic carbocycles. The molecule has 0 radical (unpaired) electrons. The van der Waals surface area contributed by atoms with Gasteiger partial charge >= 0.3 is 0 Å². The average Bonchev–Trinajstić information content (AvgIpc) is 2.31. The molecule has 0 aromatic heterocycles. The SMILES string of the molecule is CC(O)(C1=COCCC1)C1CCCNC1. The molecule has 0 saturated carbocycles. The van der Waals surface area contributed by atoms with E-state index in [9.17, 15) is 5.11 Å². The van der Waals surface area contributed by atoms with Gasteiger partial charge in [0.2, 0.25) is 0 Å². The van der Waals surface area contributed by atoms with Gasteiger partial charge in [-0.3, -0.25) is 0 Å². The van der Waals surface area contributed by atoms with Gasteiger partial charge in [-0.05, 0) is 44.7 Å². The minimum Gasteiger partial charge on any atom is -0.501 e. The molecule has 2 heterocycles. The molecule has 3 nitrogen and oxygen atoms in total. The minimum absolute atomic E-state index is 0.333. The summed E-state index contributed by atoms with van der Waals surface area (Å²) in [4.78, 5) is 0. The summed E-state index contributed by atoms with van der Waals surface area (Å²) in [6.45, 7) is 4.74. The molecule has 0 spiro atoms. The van der Waals surface area contributed by atoms with Gasteiger partial charge < -0.3 is 15.2 Å². The Bertz CT molecular complexity index is 242. The zero-order chi connectivity index (χ0) is 10.7. The monoisotopic (exact) mass is 211 g/mol. The Kier molecular flexibility index (Phi) is 3.32. The Morgan fingerprint density at radius 3 is 3.00 bits per heavy atom. The standard InChI is InChI=1S/C12H21NO2/c1-12(14,10-4-2-6-13-8-10)11-5-3-7-15-9-11/h9-10,13-14H,2-8H2,1H3. The number of rotatable bonds is 2. The third-order valence-corrected chi connectivity index (χ3v) is 3.68. The van der Waals surface area contributed by atoms with E-state index >= 15 is 0 Å². The van der Waals surface area contributed by atoms with Gasteiger partial charge in [-0.15, -0.1) is 0 Å². The summed E-state index contributed by atoms with van der Waals surface area (Å²) in [5, 5.41) is 13.9. The first-order chi connectivity index (χ1) is 7.21. The molecule has 2 rings (SSSR count). The van der Waals surface area contributed by atoms with Crippen molar-refractivity contribution in [3.8, 4) is 0 Å². The second-order valence-electron chi connectivity index (χ2n) is 4.81. The van der Waals surface area contributed by atoms with Crippen molar-refractivity contribution in [1.82, 2.24) is 5.32 Å². The van der Waals surface area contributed by atoms with Crippen LogP contribution in [-0.2, 0) is 4.74 Å². The second kappa shape index (κ2) is 4.54. The van der Waals surface area contributed by atoms with Crippen LogP contribution in [-0.4, -0.2) is 30.4 Å². The fourth-order valence-electron chi connectivity index (χ4n) is 2.53. The summed E-state index contributed by atoms with van der Waals surface area (Å²) in [6.07, 6.45) is 6.05. The van der Waals surface area contributed by atoms with Gasteiger partial charge in [0.15, 0.2) is 0 Å². The Morgan fingerprint density at radius 2 is 2.40 bits per heavy atom. The van der Waals surface area contributed by atoms with Crippen LogP contribution in [0.1, 0.15) is 32.6 Å². The lowest BCUT2D eigenvalue weighted by Crippen LogP contribution is -2.45. The normalized spacial score (nSPS) is 31.3. The molecule has 0 aromatic carbocycles. The van der Waals surface area contributed by atoms with E-state index in [1.165, 1.54) is 0 Å². The predicted molar refractivity (Wildman–Crippen MR) is 59.5 cm³/mol. The van der Waals surface area contributed by atoms with Crippen LogP contribution >= 0.6 is 0 Å². The highest BCUT2D eigenvalue weighted by atomic mass is 16.5. The van der Waals surface area contributed by atoms with Crippen molar-refractivity contribution in [1.29, 1.82) is 0 Å². The topological polar surface area (TPSA) is 41.5 Å². The molecule has 2 aliphatic rings. The van der Waals surface area contributed by atoms with E-state index in [4.69, 9.17) is 4.74 Å². The van der Waals surface area contributed by atoms with Gasteiger partial charge in [-0.1, -0.05) is 0 Å². The summed E-state index contributed by atoms with van der Waals surface area (Å²) < 4.78 is 5.32.